The van der Waals surface area contributed by atoms with Crippen molar-refractivity contribution in [2.75, 3.05) is 13.4 Å². The Morgan fingerprint density at radius 2 is 1.48 bits per heavy atom. The number of hydrogen-bond acceptors (Lipinski definition) is 7. The van der Waals surface area contributed by atoms with Gasteiger partial charge in [0.15, 0.2) is 5.71 Å². The maximum absolute atomic E-state index is 14.0. The van der Waals surface area contributed by atoms with Crippen LogP contribution in [0.15, 0.2) is 29.4 Å². The van der Waals surface area contributed by atoms with E-state index < -0.39 is 42.0 Å². The van der Waals surface area contributed by atoms with Crippen molar-refractivity contribution < 1.29 is 47.8 Å². The van der Waals surface area contributed by atoms with Crippen molar-refractivity contribution in [2.45, 2.75) is 10.8 Å². The summed E-state index contributed by atoms with van der Waals surface area (Å²) in [6, 6.07) is 3.81. The van der Waals surface area contributed by atoms with E-state index in [-0.39, 0.29) is 12.0 Å². The number of nitrogens with zero attached hydrogens (tertiary/aromatic N) is 1. The maximum atomic E-state index is 14.0. The quantitative estimate of drug-likeness (QED) is 0.307. The summed E-state index contributed by atoms with van der Waals surface area (Å²) in [5.74, 6) is 0.148. The van der Waals surface area contributed by atoms with Crippen LogP contribution in [0.3, 0.4) is 0 Å². The van der Waals surface area contributed by atoms with Crippen LogP contribution < -0.4 is 4.74 Å². The summed E-state index contributed by atoms with van der Waals surface area (Å²) in [6.07, 6.45) is 0.0876. The molecule has 0 fully saturated rings. The minimum atomic E-state index is -6.36. The van der Waals surface area contributed by atoms with E-state index >= 15 is 0 Å². The number of ether oxygens (including phenoxy) is 1. The van der Waals surface area contributed by atoms with Gasteiger partial charge in [0.25, 0.3) is 0 Å². The molecule has 0 aromatic heterocycles. The van der Waals surface area contributed by atoms with E-state index in [0.717, 1.165) is 24.3 Å². The molecule has 1 aromatic carbocycles. The largest absolute Gasteiger partial charge is 0.536 e. The molecule has 0 aliphatic rings. The third kappa shape index (κ3) is 4.56. The summed E-state index contributed by atoms with van der Waals surface area (Å²) in [4.78, 5) is 0. The Labute approximate surface area is 139 Å². The van der Waals surface area contributed by atoms with Gasteiger partial charge >= 0.3 is 20.9 Å². The summed E-state index contributed by atoms with van der Waals surface area (Å²) < 4.78 is 117. The third-order valence-corrected chi connectivity index (χ3v) is 4.58. The van der Waals surface area contributed by atoms with Crippen LogP contribution in [-0.4, -0.2) is 46.7 Å². The topological polar surface area (TPSA) is 99.1 Å². The third-order valence-electron chi connectivity index (χ3n) is 2.61. The Kier molecular flexibility index (Phi) is 5.69. The second kappa shape index (κ2) is 6.74. The molecule has 14 heteroatoms. The highest BCUT2D eigenvalue weighted by atomic mass is 32.2. The Balaban J connectivity index is 3.51. The first kappa shape index (κ1) is 21.1. The molecule has 1 rings (SSSR count). The monoisotopic (exact) mass is 411 g/mol. The van der Waals surface area contributed by atoms with Crippen LogP contribution in [-0.2, 0) is 24.2 Å². The molecule has 0 radical (unpaired) electrons. The van der Waals surface area contributed by atoms with Gasteiger partial charge in [0.2, 0.25) is 9.84 Å². The summed E-state index contributed by atoms with van der Waals surface area (Å²) in [5, 5.41) is -2.57. The predicted octanol–water partition coefficient (Wildman–Crippen LogP) is 1.90. The van der Waals surface area contributed by atoms with E-state index in [1.54, 1.807) is 0 Å². The van der Waals surface area contributed by atoms with E-state index in [2.05, 4.69) is 9.44 Å². The number of rotatable bonds is 6. The summed E-state index contributed by atoms with van der Waals surface area (Å²) in [6.45, 7) is 0. The molecule has 7 nitrogen and oxygen atoms in total. The summed E-state index contributed by atoms with van der Waals surface area (Å²) >= 11 is 0. The molecule has 0 N–H and O–H groups in total. The molecule has 0 heterocycles. The number of sulfone groups is 1. The summed E-state index contributed by atoms with van der Waals surface area (Å²) in [5.41, 5.74) is -8.49. The molecular weight excluding hydrogens is 401 g/mol. The van der Waals surface area contributed by atoms with Crippen LogP contribution in [0.1, 0.15) is 5.56 Å². The van der Waals surface area contributed by atoms with Crippen LogP contribution in [0.2, 0.25) is 0 Å². The van der Waals surface area contributed by atoms with Crippen LogP contribution in [0, 0.1) is 0 Å². The van der Waals surface area contributed by atoms with Crippen molar-refractivity contribution in [1.82, 2.24) is 0 Å². The number of hydrogen-bond donors (Lipinski definition) is 0. The molecule has 0 saturated heterocycles. The van der Waals surface area contributed by atoms with E-state index in [1.165, 1.54) is 7.11 Å². The van der Waals surface area contributed by atoms with Crippen molar-refractivity contribution in [1.29, 1.82) is 0 Å². The number of oxime groups is 1. The van der Waals surface area contributed by atoms with Gasteiger partial charge < -0.3 is 4.74 Å². The first-order valence-electron chi connectivity index (χ1n) is 5.93. The highest BCUT2D eigenvalue weighted by Gasteiger charge is 2.51. The SMILES string of the molecule is COc1ccc(/C(=N\OS(=O)(=O)C(F)(F)F)C(F)(F)S(C)(=O)=O)cc1. The standard InChI is InChI=1S/C11H10F5NO6S2/c1-22-8-5-3-7(4-6-8)9(10(12,13)24(2,18)19)17-23-25(20,21)11(14,15)16/h3-6H,1-2H3/b17-9+. The minimum absolute atomic E-state index is 0.0876. The molecule has 0 bridgehead atoms. The van der Waals surface area contributed by atoms with Gasteiger partial charge in [-0.15, -0.1) is 0 Å². The van der Waals surface area contributed by atoms with E-state index in [4.69, 9.17) is 4.74 Å². The molecule has 0 atom stereocenters. The van der Waals surface area contributed by atoms with E-state index in [0.29, 0.717) is 0 Å². The Morgan fingerprint density at radius 1 is 1.00 bits per heavy atom. The highest BCUT2D eigenvalue weighted by molar-refractivity contribution is 7.92. The molecular formula is C11H10F5NO6S2. The smallest absolute Gasteiger partial charge is 0.497 e. The Morgan fingerprint density at radius 3 is 1.84 bits per heavy atom. The first-order chi connectivity index (χ1) is 11.1. The van der Waals surface area contributed by atoms with E-state index in [1.807, 2.05) is 0 Å². The van der Waals surface area contributed by atoms with Crippen LogP contribution in [0.4, 0.5) is 22.0 Å². The Hall–Kier alpha value is -1.96. The normalized spacial score (nSPS) is 14.3. The van der Waals surface area contributed by atoms with Crippen LogP contribution in [0.5, 0.6) is 5.75 Å². The van der Waals surface area contributed by atoms with Gasteiger partial charge in [-0.05, 0) is 24.3 Å². The van der Waals surface area contributed by atoms with Gasteiger partial charge in [-0.3, -0.25) is 4.28 Å². The lowest BCUT2D eigenvalue weighted by atomic mass is 10.1. The van der Waals surface area contributed by atoms with Gasteiger partial charge in [0.05, 0.1) is 7.11 Å². The minimum Gasteiger partial charge on any atom is -0.497 e. The van der Waals surface area contributed by atoms with E-state index in [9.17, 15) is 38.8 Å². The van der Waals surface area contributed by atoms with Gasteiger partial charge in [0.1, 0.15) is 5.75 Å². The van der Waals surface area contributed by atoms with Crippen molar-refractivity contribution in [2.24, 2.45) is 5.16 Å². The fourth-order valence-electron chi connectivity index (χ4n) is 1.33. The highest BCUT2D eigenvalue weighted by Crippen LogP contribution is 2.30. The molecule has 142 valence electrons. The lowest BCUT2D eigenvalue weighted by molar-refractivity contribution is -0.0542. The average Bonchev–Trinajstić information content (AvgIpc) is 2.45. The second-order valence-electron chi connectivity index (χ2n) is 4.43. The lowest BCUT2D eigenvalue weighted by Crippen LogP contribution is -2.38. The molecule has 25 heavy (non-hydrogen) atoms. The molecule has 0 aliphatic carbocycles. The van der Waals surface area contributed by atoms with Crippen LogP contribution in [0.25, 0.3) is 0 Å². The summed E-state index contributed by atoms with van der Waals surface area (Å²) in [7, 11) is -10.3. The fraction of sp³-hybridized carbons (Fsp3) is 0.364. The molecule has 0 spiro atoms. The van der Waals surface area contributed by atoms with Crippen LogP contribution >= 0.6 is 0 Å². The van der Waals surface area contributed by atoms with Crippen molar-refractivity contribution in [3.05, 3.63) is 29.8 Å². The molecule has 1 aromatic rings. The average molecular weight is 411 g/mol. The van der Waals surface area contributed by atoms with Crippen molar-refractivity contribution >= 4 is 25.7 Å². The second-order valence-corrected chi connectivity index (χ2v) is 8.01. The van der Waals surface area contributed by atoms with Crippen molar-refractivity contribution in [3.63, 3.8) is 0 Å². The number of halogens is 5. The van der Waals surface area contributed by atoms with Gasteiger partial charge in [0, 0.05) is 11.8 Å². The number of alkyl halides is 5. The van der Waals surface area contributed by atoms with Crippen molar-refractivity contribution in [3.8, 4) is 5.75 Å². The molecule has 0 amide bonds. The maximum Gasteiger partial charge on any atom is 0.536 e. The molecule has 0 unspecified atom stereocenters. The Bertz CT molecular complexity index is 859. The zero-order valence-corrected chi connectivity index (χ0v) is 14.0. The zero-order chi connectivity index (χ0) is 19.7. The first-order valence-corrected chi connectivity index (χ1v) is 9.23. The number of benzene rings is 1. The predicted molar refractivity (Wildman–Crippen MR) is 75.4 cm³/mol. The van der Waals surface area contributed by atoms with Gasteiger partial charge in [-0.25, -0.2) is 8.42 Å². The fourth-order valence-corrected chi connectivity index (χ4v) is 2.09. The lowest BCUT2D eigenvalue weighted by Gasteiger charge is -2.17. The van der Waals surface area contributed by atoms with Gasteiger partial charge in [-0.2, -0.15) is 30.4 Å². The zero-order valence-electron chi connectivity index (χ0n) is 12.4. The van der Waals surface area contributed by atoms with Gasteiger partial charge in [-0.1, -0.05) is 5.16 Å². The molecule has 0 saturated carbocycles. The number of methoxy groups -OCH3 is 1. The molecule has 0 aliphatic heterocycles.